The van der Waals surface area contributed by atoms with E-state index < -0.39 is 9.84 Å². The highest BCUT2D eigenvalue weighted by molar-refractivity contribution is 7.99. The van der Waals surface area contributed by atoms with Gasteiger partial charge in [-0.15, -0.1) is 11.3 Å². The third-order valence-electron chi connectivity index (χ3n) is 5.91. The lowest BCUT2D eigenvalue weighted by molar-refractivity contribution is -0.128. The minimum Gasteiger partial charge on any atom is -0.341 e. The van der Waals surface area contributed by atoms with Gasteiger partial charge in [0.2, 0.25) is 5.91 Å². The normalized spacial score (nSPS) is 17.7. The molecule has 4 rings (SSSR count). The third kappa shape index (κ3) is 4.62. The number of benzene rings is 1. The Labute approximate surface area is 195 Å². The molecule has 1 fully saturated rings. The quantitative estimate of drug-likeness (QED) is 0.389. The van der Waals surface area contributed by atoms with Crippen molar-refractivity contribution in [2.24, 2.45) is 0 Å². The number of aryl methyl sites for hydroxylation is 2. The molecule has 170 valence electrons. The SMILES string of the molecule is Cc1sc2nc(SCC(=O)N(C)[C@@H]3CCS(=O)(=O)C3)n(Cc3ccccc3)c(=O)c2c1C. The van der Waals surface area contributed by atoms with Gasteiger partial charge in [-0.05, 0) is 31.4 Å². The van der Waals surface area contributed by atoms with Gasteiger partial charge >= 0.3 is 0 Å². The van der Waals surface area contributed by atoms with Gasteiger partial charge in [-0.1, -0.05) is 42.1 Å². The molecule has 0 spiro atoms. The van der Waals surface area contributed by atoms with Crippen LogP contribution >= 0.6 is 23.1 Å². The lowest BCUT2D eigenvalue weighted by Crippen LogP contribution is -2.39. The van der Waals surface area contributed by atoms with E-state index in [1.807, 2.05) is 44.2 Å². The van der Waals surface area contributed by atoms with Crippen molar-refractivity contribution in [2.75, 3.05) is 24.3 Å². The summed E-state index contributed by atoms with van der Waals surface area (Å²) in [6, 6.07) is 9.39. The smallest absolute Gasteiger partial charge is 0.263 e. The fourth-order valence-corrected chi connectivity index (χ4v) is 7.60. The highest BCUT2D eigenvalue weighted by Crippen LogP contribution is 2.29. The van der Waals surface area contributed by atoms with E-state index in [0.717, 1.165) is 16.0 Å². The summed E-state index contributed by atoms with van der Waals surface area (Å²) in [5.74, 6) is 0.0462. The monoisotopic (exact) mass is 491 g/mol. The van der Waals surface area contributed by atoms with Crippen LogP contribution in [0.2, 0.25) is 0 Å². The molecule has 0 saturated carbocycles. The van der Waals surface area contributed by atoms with Gasteiger partial charge in [0.1, 0.15) is 4.83 Å². The predicted molar refractivity (Wildman–Crippen MR) is 129 cm³/mol. The van der Waals surface area contributed by atoms with E-state index in [4.69, 9.17) is 4.98 Å². The van der Waals surface area contributed by atoms with Gasteiger partial charge < -0.3 is 4.90 Å². The summed E-state index contributed by atoms with van der Waals surface area (Å²) in [7, 11) is -1.42. The van der Waals surface area contributed by atoms with E-state index >= 15 is 0 Å². The summed E-state index contributed by atoms with van der Waals surface area (Å²) in [6.45, 7) is 4.28. The number of nitrogens with zero attached hydrogens (tertiary/aromatic N) is 3. The van der Waals surface area contributed by atoms with Gasteiger partial charge in [0.25, 0.3) is 5.56 Å². The van der Waals surface area contributed by atoms with Crippen LogP contribution in [0, 0.1) is 13.8 Å². The third-order valence-corrected chi connectivity index (χ3v) is 9.72. The van der Waals surface area contributed by atoms with Crippen molar-refractivity contribution in [2.45, 2.75) is 38.0 Å². The van der Waals surface area contributed by atoms with E-state index in [1.165, 1.54) is 28.0 Å². The number of sulfone groups is 1. The number of amides is 1. The highest BCUT2D eigenvalue weighted by Gasteiger charge is 2.32. The lowest BCUT2D eigenvalue weighted by Gasteiger charge is -2.23. The van der Waals surface area contributed by atoms with E-state index in [-0.39, 0.29) is 34.8 Å². The van der Waals surface area contributed by atoms with Gasteiger partial charge in [0, 0.05) is 18.0 Å². The van der Waals surface area contributed by atoms with Crippen LogP contribution in [0.1, 0.15) is 22.4 Å². The molecule has 10 heteroatoms. The molecule has 0 unspecified atom stereocenters. The zero-order valence-electron chi connectivity index (χ0n) is 18.2. The maximum absolute atomic E-state index is 13.4. The molecule has 1 aliphatic heterocycles. The molecule has 32 heavy (non-hydrogen) atoms. The van der Waals surface area contributed by atoms with E-state index in [0.29, 0.717) is 28.3 Å². The molecular formula is C22H25N3O4S3. The van der Waals surface area contributed by atoms with Crippen molar-refractivity contribution >= 4 is 49.1 Å². The molecule has 3 heterocycles. The number of carbonyl (C=O) groups is 1. The van der Waals surface area contributed by atoms with Gasteiger partial charge in [0.05, 0.1) is 29.2 Å². The van der Waals surface area contributed by atoms with E-state index in [2.05, 4.69) is 0 Å². The Balaban J connectivity index is 1.63. The Hall–Kier alpha value is -2.17. The zero-order chi connectivity index (χ0) is 23.0. The summed E-state index contributed by atoms with van der Waals surface area (Å²) >= 11 is 2.71. The number of hydrogen-bond acceptors (Lipinski definition) is 7. The number of rotatable bonds is 6. The molecule has 7 nitrogen and oxygen atoms in total. The van der Waals surface area contributed by atoms with E-state index in [1.54, 1.807) is 11.6 Å². The van der Waals surface area contributed by atoms with Crippen molar-refractivity contribution < 1.29 is 13.2 Å². The molecule has 1 amide bonds. The van der Waals surface area contributed by atoms with Crippen molar-refractivity contribution in [1.29, 1.82) is 0 Å². The van der Waals surface area contributed by atoms with Crippen LogP contribution < -0.4 is 5.56 Å². The fourth-order valence-electron chi connectivity index (χ4n) is 3.84. The molecule has 1 aliphatic rings. The van der Waals surface area contributed by atoms with Crippen LogP contribution in [0.3, 0.4) is 0 Å². The maximum Gasteiger partial charge on any atom is 0.263 e. The number of thioether (sulfide) groups is 1. The number of carbonyl (C=O) groups excluding carboxylic acids is 1. The second-order valence-corrected chi connectivity index (χ2v) is 12.5. The number of hydrogen-bond donors (Lipinski definition) is 0. The van der Waals surface area contributed by atoms with Crippen molar-refractivity contribution in [3.8, 4) is 0 Å². The summed E-state index contributed by atoms with van der Waals surface area (Å²) in [6.07, 6.45) is 0.464. The molecule has 2 aromatic heterocycles. The molecule has 0 aliphatic carbocycles. The predicted octanol–water partition coefficient (Wildman–Crippen LogP) is 2.86. The van der Waals surface area contributed by atoms with Crippen LogP contribution in [0.25, 0.3) is 10.2 Å². The van der Waals surface area contributed by atoms with Crippen LogP contribution in [0.4, 0.5) is 0 Å². The maximum atomic E-state index is 13.4. The van der Waals surface area contributed by atoms with Gasteiger partial charge in [-0.2, -0.15) is 0 Å². The van der Waals surface area contributed by atoms with Crippen LogP contribution in [0.5, 0.6) is 0 Å². The molecule has 0 N–H and O–H groups in total. The van der Waals surface area contributed by atoms with Crippen molar-refractivity contribution in [3.05, 3.63) is 56.7 Å². The minimum absolute atomic E-state index is 0.0105. The largest absolute Gasteiger partial charge is 0.341 e. The first-order valence-electron chi connectivity index (χ1n) is 10.3. The summed E-state index contributed by atoms with van der Waals surface area (Å²) in [4.78, 5) is 34.2. The lowest BCUT2D eigenvalue weighted by atomic mass is 10.2. The van der Waals surface area contributed by atoms with Crippen LogP contribution in [-0.2, 0) is 21.2 Å². The molecule has 3 aromatic rings. The Morgan fingerprint density at radius 3 is 2.66 bits per heavy atom. The van der Waals surface area contributed by atoms with Gasteiger partial charge in [-0.25, -0.2) is 13.4 Å². The highest BCUT2D eigenvalue weighted by atomic mass is 32.2. The molecule has 1 saturated heterocycles. The average molecular weight is 492 g/mol. The van der Waals surface area contributed by atoms with Gasteiger partial charge in [0.15, 0.2) is 15.0 Å². The van der Waals surface area contributed by atoms with Crippen molar-refractivity contribution in [1.82, 2.24) is 14.5 Å². The first kappa shape index (κ1) is 23.0. The molecular weight excluding hydrogens is 466 g/mol. The van der Waals surface area contributed by atoms with Crippen LogP contribution in [0.15, 0.2) is 40.3 Å². The standard InChI is InChI=1S/C22H25N3O4S3/c1-14-15(2)31-20-19(14)21(27)25(11-16-7-5-4-6-8-16)22(23-20)30-12-18(26)24(3)17-9-10-32(28,29)13-17/h4-8,17H,9-13H2,1-3H3/t17-/m1/s1. The first-order valence-corrected chi connectivity index (χ1v) is 13.9. The van der Waals surface area contributed by atoms with Gasteiger partial charge in [-0.3, -0.25) is 14.2 Å². The Kier molecular flexibility index (Phi) is 6.46. The zero-order valence-corrected chi connectivity index (χ0v) is 20.6. The second kappa shape index (κ2) is 8.99. The Morgan fingerprint density at radius 2 is 2.00 bits per heavy atom. The number of thiophene rings is 1. The minimum atomic E-state index is -3.07. The molecule has 1 atom stereocenters. The summed E-state index contributed by atoms with van der Waals surface area (Å²) in [5, 5.41) is 1.13. The summed E-state index contributed by atoms with van der Waals surface area (Å²) in [5.41, 5.74) is 1.81. The van der Waals surface area contributed by atoms with E-state index in [9.17, 15) is 18.0 Å². The van der Waals surface area contributed by atoms with Crippen molar-refractivity contribution in [3.63, 3.8) is 0 Å². The first-order chi connectivity index (χ1) is 15.2. The fraction of sp³-hybridized carbons (Fsp3) is 0.409. The summed E-state index contributed by atoms with van der Waals surface area (Å²) < 4.78 is 25.2. The van der Waals surface area contributed by atoms with Crippen LogP contribution in [-0.4, -0.2) is 59.1 Å². The second-order valence-electron chi connectivity index (χ2n) is 8.08. The molecule has 0 radical (unpaired) electrons. The number of fused-ring (bicyclic) bond motifs is 1. The number of aromatic nitrogens is 2. The molecule has 0 bridgehead atoms. The Morgan fingerprint density at radius 1 is 1.28 bits per heavy atom. The Bertz CT molecular complexity index is 1330. The topological polar surface area (TPSA) is 89.3 Å². The molecule has 1 aromatic carbocycles. The average Bonchev–Trinajstić information content (AvgIpc) is 3.27.